The van der Waals surface area contributed by atoms with Gasteiger partial charge in [-0.15, -0.1) is 0 Å². The monoisotopic (exact) mass is 356 g/mol. The van der Waals surface area contributed by atoms with E-state index in [1.807, 2.05) is 0 Å². The standard InChI is InChI=1S/C16H21FN2O4S/c1-11(20)14-6-5-13(8-15(14)17)24(22,23)10-16(21)19-7-3-4-12(9-19)18-2/h5-6,8,12,18H,3-4,7,9-10H2,1-2H3. The van der Waals surface area contributed by atoms with Crippen LogP contribution in [-0.4, -0.2) is 56.9 Å². The first-order valence-corrected chi connectivity index (χ1v) is 9.38. The van der Waals surface area contributed by atoms with Gasteiger partial charge in [0.1, 0.15) is 11.6 Å². The van der Waals surface area contributed by atoms with Crippen LogP contribution >= 0.6 is 0 Å². The molecule has 1 fully saturated rings. The molecule has 1 unspecified atom stereocenters. The molecule has 1 aromatic carbocycles. The van der Waals surface area contributed by atoms with Gasteiger partial charge in [-0.2, -0.15) is 0 Å². The van der Waals surface area contributed by atoms with Gasteiger partial charge in [0.25, 0.3) is 0 Å². The number of nitrogens with zero attached hydrogens (tertiary/aromatic N) is 1. The van der Waals surface area contributed by atoms with E-state index < -0.39 is 33.1 Å². The quantitative estimate of drug-likeness (QED) is 0.796. The number of carbonyl (C=O) groups excluding carboxylic acids is 2. The molecule has 0 saturated carbocycles. The molecule has 0 aromatic heterocycles. The second-order valence-corrected chi connectivity index (χ2v) is 7.91. The Bertz CT molecular complexity index is 748. The zero-order valence-electron chi connectivity index (χ0n) is 13.7. The first kappa shape index (κ1) is 18.5. The molecule has 132 valence electrons. The molecule has 1 amide bonds. The number of rotatable bonds is 5. The maximum absolute atomic E-state index is 13.8. The number of halogens is 1. The van der Waals surface area contributed by atoms with Gasteiger partial charge in [-0.05, 0) is 45.0 Å². The Hall–Kier alpha value is -1.80. The lowest BCUT2D eigenvalue weighted by atomic mass is 10.1. The Labute approximate surface area is 140 Å². The van der Waals surface area contributed by atoms with Crippen LogP contribution in [0.3, 0.4) is 0 Å². The maximum atomic E-state index is 13.8. The molecule has 0 aliphatic carbocycles. The third kappa shape index (κ3) is 4.18. The van der Waals surface area contributed by atoms with E-state index in [1.54, 1.807) is 7.05 Å². The molecule has 1 aliphatic rings. The SMILES string of the molecule is CNC1CCCN(C(=O)CS(=O)(=O)c2ccc(C(C)=O)c(F)c2)C1. The number of carbonyl (C=O) groups is 2. The second-order valence-electron chi connectivity index (χ2n) is 5.92. The highest BCUT2D eigenvalue weighted by Crippen LogP contribution is 2.18. The zero-order valence-corrected chi connectivity index (χ0v) is 14.5. The van der Waals surface area contributed by atoms with Gasteiger partial charge in [0.15, 0.2) is 15.6 Å². The van der Waals surface area contributed by atoms with Gasteiger partial charge in [-0.25, -0.2) is 12.8 Å². The zero-order chi connectivity index (χ0) is 17.9. The second kappa shape index (κ2) is 7.40. The molecule has 0 radical (unpaired) electrons. The van der Waals surface area contributed by atoms with E-state index in [1.165, 1.54) is 11.8 Å². The summed E-state index contributed by atoms with van der Waals surface area (Å²) < 4.78 is 38.5. The summed E-state index contributed by atoms with van der Waals surface area (Å²) in [5.41, 5.74) is -0.173. The van der Waals surface area contributed by atoms with Gasteiger partial charge >= 0.3 is 0 Å². The van der Waals surface area contributed by atoms with E-state index in [9.17, 15) is 22.4 Å². The van der Waals surface area contributed by atoms with Gasteiger partial charge in [0.05, 0.1) is 10.5 Å². The molecule has 2 rings (SSSR count). The minimum atomic E-state index is -3.96. The van der Waals surface area contributed by atoms with Crippen molar-refractivity contribution in [1.82, 2.24) is 10.2 Å². The van der Waals surface area contributed by atoms with Crippen LogP contribution in [0.15, 0.2) is 23.1 Å². The Morgan fingerprint density at radius 1 is 1.38 bits per heavy atom. The van der Waals surface area contributed by atoms with Crippen LogP contribution in [0.5, 0.6) is 0 Å². The van der Waals surface area contributed by atoms with Crippen molar-refractivity contribution in [2.75, 3.05) is 25.9 Å². The lowest BCUT2D eigenvalue weighted by Crippen LogP contribution is -2.48. The van der Waals surface area contributed by atoms with Gasteiger partial charge in [0, 0.05) is 19.1 Å². The summed E-state index contributed by atoms with van der Waals surface area (Å²) in [6.45, 7) is 2.18. The highest BCUT2D eigenvalue weighted by Gasteiger charge is 2.28. The number of hydrogen-bond acceptors (Lipinski definition) is 5. The number of amides is 1. The van der Waals surface area contributed by atoms with Gasteiger partial charge < -0.3 is 10.2 Å². The summed E-state index contributed by atoms with van der Waals surface area (Å²) >= 11 is 0. The minimum Gasteiger partial charge on any atom is -0.340 e. The van der Waals surface area contributed by atoms with Gasteiger partial charge in [-0.3, -0.25) is 9.59 Å². The van der Waals surface area contributed by atoms with Crippen molar-refractivity contribution < 1.29 is 22.4 Å². The Morgan fingerprint density at radius 2 is 2.08 bits per heavy atom. The first-order valence-electron chi connectivity index (χ1n) is 7.73. The summed E-state index contributed by atoms with van der Waals surface area (Å²) in [6.07, 6.45) is 1.74. The summed E-state index contributed by atoms with van der Waals surface area (Å²) in [6, 6.07) is 3.24. The van der Waals surface area contributed by atoms with Crippen LogP contribution in [0.1, 0.15) is 30.1 Å². The Balaban J connectivity index is 2.14. The van der Waals surface area contributed by atoms with E-state index in [2.05, 4.69) is 5.32 Å². The molecule has 8 heteroatoms. The van der Waals surface area contributed by atoms with Crippen LogP contribution in [0.4, 0.5) is 4.39 Å². The number of hydrogen-bond donors (Lipinski definition) is 1. The topological polar surface area (TPSA) is 83.6 Å². The normalized spacial score (nSPS) is 18.5. The smallest absolute Gasteiger partial charge is 0.238 e. The number of likely N-dealkylation sites (N-methyl/N-ethyl adjacent to an activating group) is 1. The average Bonchev–Trinajstić information content (AvgIpc) is 2.54. The molecule has 1 saturated heterocycles. The average molecular weight is 356 g/mol. The molecular weight excluding hydrogens is 335 g/mol. The largest absolute Gasteiger partial charge is 0.340 e. The van der Waals surface area contributed by atoms with Crippen molar-refractivity contribution in [1.29, 1.82) is 0 Å². The van der Waals surface area contributed by atoms with E-state index in [0.29, 0.717) is 13.1 Å². The third-order valence-corrected chi connectivity index (χ3v) is 5.77. The number of Topliss-reactive ketones (excluding diaryl/α,β-unsaturated/α-hetero) is 1. The fourth-order valence-corrected chi connectivity index (χ4v) is 3.98. The first-order chi connectivity index (χ1) is 11.2. The fourth-order valence-electron chi connectivity index (χ4n) is 2.75. The molecule has 0 spiro atoms. The molecule has 1 aromatic rings. The molecular formula is C16H21FN2O4S. The van der Waals surface area contributed by atoms with E-state index in [4.69, 9.17) is 0 Å². The molecule has 1 N–H and O–H groups in total. The highest BCUT2D eigenvalue weighted by atomic mass is 32.2. The summed E-state index contributed by atoms with van der Waals surface area (Å²) in [4.78, 5) is 24.7. The van der Waals surface area contributed by atoms with Crippen molar-refractivity contribution in [3.63, 3.8) is 0 Å². The summed E-state index contributed by atoms with van der Waals surface area (Å²) in [5.74, 6) is -2.59. The van der Waals surface area contributed by atoms with Crippen LogP contribution < -0.4 is 5.32 Å². The molecule has 6 nitrogen and oxygen atoms in total. The van der Waals surface area contributed by atoms with E-state index in [-0.39, 0.29) is 16.5 Å². The van der Waals surface area contributed by atoms with Crippen molar-refractivity contribution >= 4 is 21.5 Å². The van der Waals surface area contributed by atoms with Crippen molar-refractivity contribution in [3.05, 3.63) is 29.6 Å². The predicted molar refractivity (Wildman–Crippen MR) is 87.1 cm³/mol. The van der Waals surface area contributed by atoms with Crippen molar-refractivity contribution in [3.8, 4) is 0 Å². The van der Waals surface area contributed by atoms with Crippen molar-refractivity contribution in [2.24, 2.45) is 0 Å². The van der Waals surface area contributed by atoms with Crippen molar-refractivity contribution in [2.45, 2.75) is 30.7 Å². The molecule has 1 aliphatic heterocycles. The van der Waals surface area contributed by atoms with Crippen LogP contribution in [-0.2, 0) is 14.6 Å². The van der Waals surface area contributed by atoms with Crippen LogP contribution in [0, 0.1) is 5.82 Å². The lowest BCUT2D eigenvalue weighted by Gasteiger charge is -2.32. The Morgan fingerprint density at radius 3 is 2.67 bits per heavy atom. The maximum Gasteiger partial charge on any atom is 0.238 e. The van der Waals surface area contributed by atoms with Gasteiger partial charge in [-0.1, -0.05) is 0 Å². The third-order valence-electron chi connectivity index (χ3n) is 4.17. The van der Waals surface area contributed by atoms with E-state index in [0.717, 1.165) is 31.0 Å². The molecule has 0 bridgehead atoms. The number of benzene rings is 1. The lowest BCUT2D eigenvalue weighted by molar-refractivity contribution is -0.129. The van der Waals surface area contributed by atoms with E-state index >= 15 is 0 Å². The highest BCUT2D eigenvalue weighted by molar-refractivity contribution is 7.92. The summed E-state index contributed by atoms with van der Waals surface area (Å²) in [7, 11) is -2.16. The minimum absolute atomic E-state index is 0.151. The van der Waals surface area contributed by atoms with Gasteiger partial charge in [0.2, 0.25) is 5.91 Å². The molecule has 24 heavy (non-hydrogen) atoms. The summed E-state index contributed by atoms with van der Waals surface area (Å²) in [5, 5.41) is 3.08. The molecule has 1 heterocycles. The Kier molecular flexibility index (Phi) is 5.71. The number of nitrogens with one attached hydrogen (secondary N) is 1. The van der Waals surface area contributed by atoms with Crippen LogP contribution in [0.2, 0.25) is 0 Å². The predicted octanol–water partition coefficient (Wildman–Crippen LogP) is 1.01. The number of sulfone groups is 1. The molecule has 1 atom stereocenters. The number of ketones is 1. The number of likely N-dealkylation sites (tertiary alicyclic amines) is 1. The van der Waals surface area contributed by atoms with Crippen LogP contribution in [0.25, 0.3) is 0 Å². The number of piperidine rings is 1. The fraction of sp³-hybridized carbons (Fsp3) is 0.500.